The van der Waals surface area contributed by atoms with E-state index in [1.54, 1.807) is 0 Å². The number of benzene rings is 2. The number of rotatable bonds is 4. The van der Waals surface area contributed by atoms with Gasteiger partial charge in [-0.1, -0.05) is 50.3 Å². The maximum Gasteiger partial charge on any atom is 0.0382 e. The first-order chi connectivity index (χ1) is 8.31. The van der Waals surface area contributed by atoms with Crippen molar-refractivity contribution in [2.75, 3.05) is 12.4 Å². The Morgan fingerprint density at radius 2 is 2.06 bits per heavy atom. The first-order valence-corrected chi connectivity index (χ1v) is 6.16. The summed E-state index contributed by atoms with van der Waals surface area (Å²) in [5, 5.41) is 5.87. The van der Waals surface area contributed by atoms with Crippen LogP contribution in [-0.2, 0) is 6.42 Å². The number of nitrogens with one attached hydrogen (secondary N) is 1. The fraction of sp³-hybridized carbons (Fsp3) is 0.250. The third-order valence-electron chi connectivity index (χ3n) is 3.17. The van der Waals surface area contributed by atoms with E-state index in [-0.39, 0.29) is 0 Å². The highest BCUT2D eigenvalue weighted by atomic mass is 14.8. The highest BCUT2D eigenvalue weighted by Gasteiger charge is 2.09. The third-order valence-corrected chi connectivity index (χ3v) is 3.17. The molecule has 0 atom stereocenters. The molecule has 2 aromatic carbocycles. The largest absolute Gasteiger partial charge is 0.388 e. The van der Waals surface area contributed by atoms with Crippen molar-refractivity contribution in [3.63, 3.8) is 0 Å². The summed E-state index contributed by atoms with van der Waals surface area (Å²) in [7, 11) is 1.98. The Balaban J connectivity index is 2.79. The van der Waals surface area contributed by atoms with Gasteiger partial charge in [0.1, 0.15) is 0 Å². The highest BCUT2D eigenvalue weighted by Crippen LogP contribution is 2.31. The zero-order chi connectivity index (χ0) is 12.3. The van der Waals surface area contributed by atoms with E-state index < -0.39 is 0 Å². The summed E-state index contributed by atoms with van der Waals surface area (Å²) in [5.41, 5.74) is 3.87. The van der Waals surface area contributed by atoms with E-state index in [0.29, 0.717) is 0 Å². The summed E-state index contributed by atoms with van der Waals surface area (Å²) in [5.74, 6) is 0. The van der Waals surface area contributed by atoms with Crippen molar-refractivity contribution in [3.05, 3.63) is 48.0 Å². The Kier molecular flexibility index (Phi) is 3.48. The van der Waals surface area contributed by atoms with E-state index in [1.807, 2.05) is 13.1 Å². The van der Waals surface area contributed by atoms with E-state index in [9.17, 15) is 0 Å². The maximum atomic E-state index is 3.97. The Morgan fingerprint density at radius 3 is 2.71 bits per heavy atom. The molecule has 0 saturated heterocycles. The molecule has 0 bridgehead atoms. The molecule has 0 fully saturated rings. The van der Waals surface area contributed by atoms with Gasteiger partial charge in [-0.15, -0.1) is 0 Å². The van der Waals surface area contributed by atoms with Crippen LogP contribution in [-0.4, -0.2) is 7.05 Å². The fourth-order valence-corrected chi connectivity index (χ4v) is 2.39. The molecule has 1 N–H and O–H groups in total. The standard InChI is InChI=1S/C16H19N/c1-4-8-15-13(5-2)14-10-7-6-9-12(14)11-16(15)17-3/h5-7,9-11,17H,2,4,8H2,1,3H3. The Bertz CT molecular complexity index is 540. The smallest absolute Gasteiger partial charge is 0.0382 e. The lowest BCUT2D eigenvalue weighted by Gasteiger charge is -2.15. The summed E-state index contributed by atoms with van der Waals surface area (Å²) < 4.78 is 0. The van der Waals surface area contributed by atoms with E-state index in [2.05, 4.69) is 49.2 Å². The van der Waals surface area contributed by atoms with Gasteiger partial charge in [0.05, 0.1) is 0 Å². The van der Waals surface area contributed by atoms with Gasteiger partial charge in [-0.2, -0.15) is 0 Å². The topological polar surface area (TPSA) is 12.0 Å². The predicted octanol–water partition coefficient (Wildman–Crippen LogP) is 4.48. The third kappa shape index (κ3) is 2.05. The average Bonchev–Trinajstić information content (AvgIpc) is 2.38. The van der Waals surface area contributed by atoms with E-state index in [1.165, 1.54) is 27.6 Å². The second-order valence-electron chi connectivity index (χ2n) is 4.24. The number of hydrogen-bond donors (Lipinski definition) is 1. The van der Waals surface area contributed by atoms with Gasteiger partial charge in [0.25, 0.3) is 0 Å². The first kappa shape index (κ1) is 11.7. The molecule has 0 aromatic heterocycles. The second kappa shape index (κ2) is 5.05. The summed E-state index contributed by atoms with van der Waals surface area (Å²) >= 11 is 0. The van der Waals surface area contributed by atoms with Gasteiger partial charge in [0.15, 0.2) is 0 Å². The van der Waals surface area contributed by atoms with Crippen LogP contribution in [0.3, 0.4) is 0 Å². The lowest BCUT2D eigenvalue weighted by atomic mass is 9.94. The molecule has 0 saturated carbocycles. The molecule has 0 amide bonds. The highest BCUT2D eigenvalue weighted by molar-refractivity contribution is 5.95. The van der Waals surface area contributed by atoms with Crippen LogP contribution in [0.25, 0.3) is 16.8 Å². The quantitative estimate of drug-likeness (QED) is 0.809. The summed E-state index contributed by atoms with van der Waals surface area (Å²) in [6.07, 6.45) is 4.21. The van der Waals surface area contributed by atoms with Crippen molar-refractivity contribution in [1.82, 2.24) is 0 Å². The fourth-order valence-electron chi connectivity index (χ4n) is 2.39. The van der Waals surface area contributed by atoms with Gasteiger partial charge in [0, 0.05) is 12.7 Å². The van der Waals surface area contributed by atoms with Crippen molar-refractivity contribution in [2.24, 2.45) is 0 Å². The van der Waals surface area contributed by atoms with Crippen molar-refractivity contribution >= 4 is 22.5 Å². The lowest BCUT2D eigenvalue weighted by molar-refractivity contribution is 0.922. The molecule has 0 heterocycles. The van der Waals surface area contributed by atoms with Gasteiger partial charge in [-0.25, -0.2) is 0 Å². The van der Waals surface area contributed by atoms with Gasteiger partial charge in [0.2, 0.25) is 0 Å². The van der Waals surface area contributed by atoms with Crippen LogP contribution in [0.1, 0.15) is 24.5 Å². The van der Waals surface area contributed by atoms with Crippen LogP contribution in [0.15, 0.2) is 36.9 Å². The molecule has 2 aromatic rings. The SMILES string of the molecule is C=Cc1c(CCC)c(NC)cc2ccccc12. The van der Waals surface area contributed by atoms with Crippen molar-refractivity contribution in [2.45, 2.75) is 19.8 Å². The lowest BCUT2D eigenvalue weighted by Crippen LogP contribution is -1.99. The van der Waals surface area contributed by atoms with E-state index in [0.717, 1.165) is 12.8 Å². The molecule has 0 unspecified atom stereocenters. The van der Waals surface area contributed by atoms with Crippen LogP contribution in [0.5, 0.6) is 0 Å². The average molecular weight is 225 g/mol. The molecule has 0 spiro atoms. The molecule has 0 aliphatic heterocycles. The van der Waals surface area contributed by atoms with Crippen molar-refractivity contribution in [3.8, 4) is 0 Å². The molecule has 0 aliphatic carbocycles. The van der Waals surface area contributed by atoms with E-state index >= 15 is 0 Å². The molecule has 1 nitrogen and oxygen atoms in total. The van der Waals surface area contributed by atoms with Crippen LogP contribution in [0, 0.1) is 0 Å². The summed E-state index contributed by atoms with van der Waals surface area (Å²) in [6.45, 7) is 6.18. The van der Waals surface area contributed by atoms with Crippen molar-refractivity contribution < 1.29 is 0 Å². The minimum Gasteiger partial charge on any atom is -0.388 e. The Labute approximate surface area is 103 Å². The molecular weight excluding hydrogens is 206 g/mol. The normalized spacial score (nSPS) is 10.5. The van der Waals surface area contributed by atoms with Gasteiger partial charge in [-0.3, -0.25) is 0 Å². The number of hydrogen-bond acceptors (Lipinski definition) is 1. The van der Waals surface area contributed by atoms with Crippen LogP contribution >= 0.6 is 0 Å². The monoisotopic (exact) mass is 225 g/mol. The van der Waals surface area contributed by atoms with Crippen LogP contribution < -0.4 is 5.32 Å². The Morgan fingerprint density at radius 1 is 1.29 bits per heavy atom. The molecule has 2 rings (SSSR count). The van der Waals surface area contributed by atoms with Crippen molar-refractivity contribution in [1.29, 1.82) is 0 Å². The molecular formula is C16H19N. The minimum atomic E-state index is 1.09. The molecule has 17 heavy (non-hydrogen) atoms. The number of anilines is 1. The molecule has 1 heteroatoms. The number of fused-ring (bicyclic) bond motifs is 1. The molecule has 0 aliphatic rings. The first-order valence-electron chi connectivity index (χ1n) is 6.16. The molecule has 88 valence electrons. The summed E-state index contributed by atoms with van der Waals surface area (Å²) in [4.78, 5) is 0. The predicted molar refractivity (Wildman–Crippen MR) is 77.6 cm³/mol. The maximum absolute atomic E-state index is 3.97. The molecule has 0 radical (unpaired) electrons. The van der Waals surface area contributed by atoms with E-state index in [4.69, 9.17) is 0 Å². The van der Waals surface area contributed by atoms with Crippen LogP contribution in [0.4, 0.5) is 5.69 Å². The van der Waals surface area contributed by atoms with Gasteiger partial charge >= 0.3 is 0 Å². The minimum absolute atomic E-state index is 1.09. The van der Waals surface area contributed by atoms with Gasteiger partial charge < -0.3 is 5.32 Å². The zero-order valence-corrected chi connectivity index (χ0v) is 10.6. The second-order valence-corrected chi connectivity index (χ2v) is 4.24. The Hall–Kier alpha value is -1.76. The van der Waals surface area contributed by atoms with Gasteiger partial charge in [-0.05, 0) is 34.4 Å². The van der Waals surface area contributed by atoms with Crippen LogP contribution in [0.2, 0.25) is 0 Å². The zero-order valence-electron chi connectivity index (χ0n) is 10.6. The summed E-state index contributed by atoms with van der Waals surface area (Å²) in [6, 6.07) is 10.7.